The van der Waals surface area contributed by atoms with Gasteiger partial charge in [0.25, 0.3) is 0 Å². The van der Waals surface area contributed by atoms with Crippen LogP contribution in [0.3, 0.4) is 0 Å². The highest BCUT2D eigenvalue weighted by molar-refractivity contribution is 7.98. The molecule has 0 saturated carbocycles. The summed E-state index contributed by atoms with van der Waals surface area (Å²) in [7, 11) is 0. The number of rotatable bonds is 9. The van der Waals surface area contributed by atoms with E-state index in [9.17, 15) is 9.59 Å². The Labute approximate surface area is 146 Å². The van der Waals surface area contributed by atoms with Crippen LogP contribution in [0.4, 0.5) is 10.5 Å². The van der Waals surface area contributed by atoms with Gasteiger partial charge < -0.3 is 26.8 Å². The fourth-order valence-corrected chi connectivity index (χ4v) is 2.19. The van der Waals surface area contributed by atoms with Gasteiger partial charge in [-0.2, -0.15) is 11.8 Å². The van der Waals surface area contributed by atoms with Gasteiger partial charge in [0.15, 0.2) is 0 Å². The van der Waals surface area contributed by atoms with Crippen LogP contribution in [0.15, 0.2) is 24.3 Å². The van der Waals surface area contributed by atoms with Crippen molar-refractivity contribution in [3.8, 4) is 5.75 Å². The van der Waals surface area contributed by atoms with E-state index in [2.05, 4.69) is 10.6 Å². The SMILES string of the molecule is CSCCC(NC(N)=O)C(=O)Nc1ccc(OCCN)cc1.Cl. The normalized spacial score (nSPS) is 11.0. The standard InChI is InChI=1S/C14H22N4O3S.ClH/c1-22-9-6-12(18-14(16)20)13(19)17-10-2-4-11(5-3-10)21-8-7-15;/h2-5,12H,6-9,15H2,1H3,(H,17,19)(H3,16,18,20);1H. The molecule has 1 rings (SSSR count). The molecule has 0 saturated heterocycles. The van der Waals surface area contributed by atoms with Gasteiger partial charge in [0.2, 0.25) is 5.91 Å². The van der Waals surface area contributed by atoms with Crippen LogP contribution >= 0.6 is 24.2 Å². The summed E-state index contributed by atoms with van der Waals surface area (Å²) in [6.45, 7) is 0.874. The van der Waals surface area contributed by atoms with Crippen LogP contribution in [0.5, 0.6) is 5.75 Å². The van der Waals surface area contributed by atoms with E-state index in [1.165, 1.54) is 0 Å². The Morgan fingerprint density at radius 2 is 1.96 bits per heavy atom. The van der Waals surface area contributed by atoms with Crippen molar-refractivity contribution in [2.45, 2.75) is 12.5 Å². The van der Waals surface area contributed by atoms with Crippen LogP contribution in [-0.4, -0.2) is 43.1 Å². The molecule has 3 amide bonds. The molecule has 0 aliphatic heterocycles. The summed E-state index contributed by atoms with van der Waals surface area (Å²) in [6, 6.07) is 5.55. The number of hydrogen-bond acceptors (Lipinski definition) is 5. The average molecular weight is 363 g/mol. The van der Waals surface area contributed by atoms with Crippen molar-refractivity contribution in [3.05, 3.63) is 24.3 Å². The second kappa shape index (κ2) is 11.9. The van der Waals surface area contributed by atoms with Crippen LogP contribution in [0, 0.1) is 0 Å². The zero-order chi connectivity index (χ0) is 16.4. The zero-order valence-electron chi connectivity index (χ0n) is 12.9. The maximum absolute atomic E-state index is 12.2. The van der Waals surface area contributed by atoms with Gasteiger partial charge in [0, 0.05) is 12.2 Å². The van der Waals surface area contributed by atoms with E-state index in [-0.39, 0.29) is 18.3 Å². The van der Waals surface area contributed by atoms with Crippen molar-refractivity contribution in [1.82, 2.24) is 5.32 Å². The molecule has 6 N–H and O–H groups in total. The molecule has 1 aromatic rings. The van der Waals surface area contributed by atoms with E-state index in [4.69, 9.17) is 16.2 Å². The van der Waals surface area contributed by atoms with Gasteiger partial charge in [-0.05, 0) is 42.7 Å². The summed E-state index contributed by atoms with van der Waals surface area (Å²) in [5.41, 5.74) is 11.1. The van der Waals surface area contributed by atoms with Gasteiger partial charge in [-0.1, -0.05) is 0 Å². The van der Waals surface area contributed by atoms with Crippen molar-refractivity contribution in [3.63, 3.8) is 0 Å². The molecule has 0 heterocycles. The van der Waals surface area contributed by atoms with Gasteiger partial charge in [-0.25, -0.2) is 4.79 Å². The first-order valence-corrected chi connectivity index (χ1v) is 8.25. The van der Waals surface area contributed by atoms with Crippen molar-refractivity contribution in [1.29, 1.82) is 0 Å². The number of carbonyl (C=O) groups is 2. The average Bonchev–Trinajstić information content (AvgIpc) is 2.50. The van der Waals surface area contributed by atoms with Crippen LogP contribution in [0.25, 0.3) is 0 Å². The summed E-state index contributed by atoms with van der Waals surface area (Å²) in [5, 5.41) is 5.19. The van der Waals surface area contributed by atoms with Crippen molar-refractivity contribution in [2.24, 2.45) is 11.5 Å². The van der Waals surface area contributed by atoms with Crippen molar-refractivity contribution >= 4 is 41.8 Å². The minimum Gasteiger partial charge on any atom is -0.492 e. The number of benzene rings is 1. The molecule has 7 nitrogen and oxygen atoms in total. The Kier molecular flexibility index (Phi) is 11.0. The molecule has 0 fully saturated rings. The second-order valence-corrected chi connectivity index (χ2v) is 5.48. The number of amides is 3. The molecule has 130 valence electrons. The van der Waals surface area contributed by atoms with Crippen molar-refractivity contribution in [2.75, 3.05) is 30.5 Å². The van der Waals surface area contributed by atoms with E-state index in [0.29, 0.717) is 31.0 Å². The van der Waals surface area contributed by atoms with Gasteiger partial charge in [0.05, 0.1) is 0 Å². The first kappa shape index (κ1) is 21.4. The lowest BCUT2D eigenvalue weighted by atomic mass is 10.2. The van der Waals surface area contributed by atoms with Gasteiger partial charge >= 0.3 is 6.03 Å². The Morgan fingerprint density at radius 1 is 1.30 bits per heavy atom. The molecule has 0 aliphatic carbocycles. The van der Waals surface area contributed by atoms with Gasteiger partial charge in [0.1, 0.15) is 18.4 Å². The number of hydrogen-bond donors (Lipinski definition) is 4. The first-order valence-electron chi connectivity index (χ1n) is 6.85. The number of thioether (sulfide) groups is 1. The molecule has 0 aliphatic rings. The fraction of sp³-hybridized carbons (Fsp3) is 0.429. The van der Waals surface area contributed by atoms with E-state index in [0.717, 1.165) is 5.75 Å². The lowest BCUT2D eigenvalue weighted by Crippen LogP contribution is -2.46. The minimum atomic E-state index is -0.716. The molecule has 1 unspecified atom stereocenters. The molecule has 0 aromatic heterocycles. The monoisotopic (exact) mass is 362 g/mol. The summed E-state index contributed by atoms with van der Waals surface area (Å²) in [5.74, 6) is 1.12. The predicted octanol–water partition coefficient (Wildman–Crippen LogP) is 1.17. The van der Waals surface area contributed by atoms with Crippen LogP contribution in [0.2, 0.25) is 0 Å². The molecule has 9 heteroatoms. The smallest absolute Gasteiger partial charge is 0.312 e. The number of halogens is 1. The number of anilines is 1. The van der Waals surface area contributed by atoms with Crippen LogP contribution in [0.1, 0.15) is 6.42 Å². The number of urea groups is 1. The maximum atomic E-state index is 12.2. The molecular weight excluding hydrogens is 340 g/mol. The molecule has 1 atom stereocenters. The Hall–Kier alpha value is -1.64. The van der Waals surface area contributed by atoms with Gasteiger partial charge in [-0.15, -0.1) is 12.4 Å². The van der Waals surface area contributed by atoms with E-state index in [1.54, 1.807) is 36.0 Å². The Balaban J connectivity index is 0.00000484. The lowest BCUT2D eigenvalue weighted by Gasteiger charge is -2.17. The fourth-order valence-electron chi connectivity index (χ4n) is 1.72. The molecule has 0 bridgehead atoms. The highest BCUT2D eigenvalue weighted by Crippen LogP contribution is 2.16. The summed E-state index contributed by atoms with van der Waals surface area (Å²) < 4.78 is 5.35. The van der Waals surface area contributed by atoms with Gasteiger partial charge in [-0.3, -0.25) is 4.79 Å². The number of carbonyl (C=O) groups excluding carboxylic acids is 2. The predicted molar refractivity (Wildman–Crippen MR) is 96.4 cm³/mol. The molecule has 0 radical (unpaired) electrons. The van der Waals surface area contributed by atoms with Crippen LogP contribution < -0.4 is 26.8 Å². The van der Waals surface area contributed by atoms with E-state index < -0.39 is 12.1 Å². The third-order valence-electron chi connectivity index (χ3n) is 2.75. The van der Waals surface area contributed by atoms with E-state index >= 15 is 0 Å². The van der Waals surface area contributed by atoms with Crippen molar-refractivity contribution < 1.29 is 14.3 Å². The molecular formula is C14H23ClN4O3S. The van der Waals surface area contributed by atoms with Crippen LogP contribution in [-0.2, 0) is 4.79 Å². The highest BCUT2D eigenvalue weighted by atomic mass is 35.5. The Morgan fingerprint density at radius 3 is 2.48 bits per heavy atom. The topological polar surface area (TPSA) is 119 Å². The summed E-state index contributed by atoms with van der Waals surface area (Å²) in [4.78, 5) is 23.1. The number of nitrogens with two attached hydrogens (primary N) is 2. The number of primary amides is 1. The second-order valence-electron chi connectivity index (χ2n) is 4.49. The highest BCUT2D eigenvalue weighted by Gasteiger charge is 2.19. The largest absolute Gasteiger partial charge is 0.492 e. The zero-order valence-corrected chi connectivity index (χ0v) is 14.5. The molecule has 0 spiro atoms. The minimum absolute atomic E-state index is 0. The molecule has 23 heavy (non-hydrogen) atoms. The third-order valence-corrected chi connectivity index (χ3v) is 3.40. The maximum Gasteiger partial charge on any atom is 0.312 e. The third kappa shape index (κ3) is 8.53. The lowest BCUT2D eigenvalue weighted by molar-refractivity contribution is -0.117. The quantitative estimate of drug-likeness (QED) is 0.525. The summed E-state index contributed by atoms with van der Waals surface area (Å²) >= 11 is 1.59. The van der Waals surface area contributed by atoms with E-state index in [1.807, 2.05) is 6.26 Å². The first-order chi connectivity index (χ1) is 10.6. The Bertz CT molecular complexity index is 487. The molecule has 1 aromatic carbocycles. The number of ether oxygens (including phenoxy) is 1. The number of nitrogens with one attached hydrogen (secondary N) is 2. The summed E-state index contributed by atoms with van der Waals surface area (Å²) in [6.07, 6.45) is 2.44.